The summed E-state index contributed by atoms with van der Waals surface area (Å²) >= 11 is 1.75. The summed E-state index contributed by atoms with van der Waals surface area (Å²) in [6.45, 7) is 7.87. The van der Waals surface area contributed by atoms with Crippen LogP contribution in [-0.4, -0.2) is 37.0 Å². The first kappa shape index (κ1) is 17.0. The predicted molar refractivity (Wildman–Crippen MR) is 103 cm³/mol. The maximum atomic E-state index is 4.66. The molecule has 1 aliphatic rings. The van der Waals surface area contributed by atoms with E-state index in [2.05, 4.69) is 69.2 Å². The van der Waals surface area contributed by atoms with Gasteiger partial charge < -0.3 is 10.6 Å². The van der Waals surface area contributed by atoms with E-state index in [9.17, 15) is 0 Å². The predicted octanol–water partition coefficient (Wildman–Crippen LogP) is 2.86. The SMILES string of the molecule is CCNC(=NCc1cccs1)NCCN1CCc2ccccc2C1. The van der Waals surface area contributed by atoms with E-state index in [0.717, 1.165) is 51.6 Å². The molecule has 4 nitrogen and oxygen atoms in total. The van der Waals surface area contributed by atoms with Crippen LogP contribution >= 0.6 is 11.3 Å². The molecule has 0 aliphatic carbocycles. The van der Waals surface area contributed by atoms with Gasteiger partial charge in [-0.2, -0.15) is 0 Å². The highest BCUT2D eigenvalue weighted by atomic mass is 32.1. The van der Waals surface area contributed by atoms with Gasteiger partial charge >= 0.3 is 0 Å². The molecule has 0 amide bonds. The maximum Gasteiger partial charge on any atom is 0.191 e. The van der Waals surface area contributed by atoms with E-state index in [0.29, 0.717) is 0 Å². The van der Waals surface area contributed by atoms with Crippen molar-refractivity contribution in [3.05, 3.63) is 57.8 Å². The number of nitrogens with one attached hydrogen (secondary N) is 2. The summed E-state index contributed by atoms with van der Waals surface area (Å²) in [4.78, 5) is 8.46. The Bertz CT molecular complexity index is 651. The van der Waals surface area contributed by atoms with Crippen LogP contribution in [0.4, 0.5) is 0 Å². The van der Waals surface area contributed by atoms with Crippen molar-refractivity contribution < 1.29 is 0 Å². The van der Waals surface area contributed by atoms with Gasteiger partial charge in [0.1, 0.15) is 0 Å². The lowest BCUT2D eigenvalue weighted by molar-refractivity contribution is 0.258. The molecule has 5 heteroatoms. The van der Waals surface area contributed by atoms with Gasteiger partial charge in [0.15, 0.2) is 5.96 Å². The van der Waals surface area contributed by atoms with Crippen LogP contribution in [0.3, 0.4) is 0 Å². The number of fused-ring (bicyclic) bond motifs is 1. The summed E-state index contributed by atoms with van der Waals surface area (Å²) in [6, 6.07) is 13.0. The first-order valence-corrected chi connectivity index (χ1v) is 9.57. The lowest BCUT2D eigenvalue weighted by atomic mass is 10.00. The highest BCUT2D eigenvalue weighted by molar-refractivity contribution is 7.09. The van der Waals surface area contributed by atoms with Crippen molar-refractivity contribution in [2.75, 3.05) is 26.2 Å². The van der Waals surface area contributed by atoms with E-state index in [1.807, 2.05) is 0 Å². The van der Waals surface area contributed by atoms with Crippen LogP contribution in [0.15, 0.2) is 46.8 Å². The topological polar surface area (TPSA) is 39.7 Å². The molecule has 0 fully saturated rings. The van der Waals surface area contributed by atoms with Crippen molar-refractivity contribution in [1.29, 1.82) is 0 Å². The number of guanidine groups is 1. The zero-order valence-corrected chi connectivity index (χ0v) is 15.1. The Morgan fingerprint density at radius 2 is 2.04 bits per heavy atom. The lowest BCUT2D eigenvalue weighted by Crippen LogP contribution is -2.42. The van der Waals surface area contributed by atoms with Crippen LogP contribution in [-0.2, 0) is 19.5 Å². The third kappa shape index (κ3) is 4.82. The molecule has 1 aromatic heterocycles. The third-order valence-corrected chi connectivity index (χ3v) is 5.11. The molecular weight excluding hydrogens is 316 g/mol. The number of hydrogen-bond acceptors (Lipinski definition) is 3. The van der Waals surface area contributed by atoms with Gasteiger partial charge in [0.05, 0.1) is 6.54 Å². The minimum atomic E-state index is 0.740. The van der Waals surface area contributed by atoms with Gasteiger partial charge in [0.2, 0.25) is 0 Å². The number of rotatable bonds is 6. The molecule has 2 heterocycles. The van der Waals surface area contributed by atoms with Gasteiger partial charge in [0, 0.05) is 37.6 Å². The van der Waals surface area contributed by atoms with Crippen LogP contribution < -0.4 is 10.6 Å². The van der Waals surface area contributed by atoms with Crippen LogP contribution in [0, 0.1) is 0 Å². The van der Waals surface area contributed by atoms with Gasteiger partial charge in [-0.15, -0.1) is 11.3 Å². The van der Waals surface area contributed by atoms with Crippen molar-refractivity contribution in [2.24, 2.45) is 4.99 Å². The molecular formula is C19H26N4S. The molecule has 0 spiro atoms. The molecule has 1 aromatic carbocycles. The second kappa shape index (κ2) is 8.85. The van der Waals surface area contributed by atoms with Crippen molar-refractivity contribution in [3.63, 3.8) is 0 Å². The van der Waals surface area contributed by atoms with Crippen LogP contribution in [0.5, 0.6) is 0 Å². The number of benzene rings is 1. The Morgan fingerprint density at radius 1 is 1.17 bits per heavy atom. The zero-order chi connectivity index (χ0) is 16.6. The van der Waals surface area contributed by atoms with E-state index in [4.69, 9.17) is 0 Å². The van der Waals surface area contributed by atoms with Gasteiger partial charge in [-0.25, -0.2) is 4.99 Å². The Labute approximate surface area is 148 Å². The molecule has 0 radical (unpaired) electrons. The standard InChI is InChI=1S/C19H26N4S/c1-2-20-19(22-14-18-8-5-13-24-18)21-10-12-23-11-9-16-6-3-4-7-17(16)15-23/h3-8,13H,2,9-12,14-15H2,1H3,(H2,20,21,22). The van der Waals surface area contributed by atoms with Gasteiger partial charge in [-0.3, -0.25) is 4.90 Å². The van der Waals surface area contributed by atoms with Crippen molar-refractivity contribution in [3.8, 4) is 0 Å². The number of aliphatic imine (C=N–C) groups is 1. The van der Waals surface area contributed by atoms with Crippen molar-refractivity contribution >= 4 is 17.3 Å². The Hall–Kier alpha value is -1.85. The third-order valence-electron chi connectivity index (χ3n) is 4.25. The summed E-state index contributed by atoms with van der Waals surface area (Å²) in [5.74, 6) is 0.906. The lowest BCUT2D eigenvalue weighted by Gasteiger charge is -2.28. The minimum absolute atomic E-state index is 0.740. The van der Waals surface area contributed by atoms with E-state index in [-0.39, 0.29) is 0 Å². The number of nitrogens with zero attached hydrogens (tertiary/aromatic N) is 2. The quantitative estimate of drug-likeness (QED) is 0.626. The molecule has 1 aliphatic heterocycles. The molecule has 3 rings (SSSR count). The average Bonchev–Trinajstić information content (AvgIpc) is 3.13. The molecule has 128 valence electrons. The fraction of sp³-hybridized carbons (Fsp3) is 0.421. The van der Waals surface area contributed by atoms with Crippen LogP contribution in [0.25, 0.3) is 0 Å². The smallest absolute Gasteiger partial charge is 0.191 e. The van der Waals surface area contributed by atoms with E-state index < -0.39 is 0 Å². The van der Waals surface area contributed by atoms with E-state index in [1.165, 1.54) is 16.0 Å². The molecule has 2 aromatic rings. The molecule has 0 saturated heterocycles. The second-order valence-electron chi connectivity index (χ2n) is 6.00. The monoisotopic (exact) mass is 342 g/mol. The largest absolute Gasteiger partial charge is 0.357 e. The van der Waals surface area contributed by atoms with Crippen LogP contribution in [0.1, 0.15) is 22.9 Å². The molecule has 0 saturated carbocycles. The summed E-state index contributed by atoms with van der Waals surface area (Å²) in [5.41, 5.74) is 2.98. The van der Waals surface area contributed by atoms with Gasteiger partial charge in [0.25, 0.3) is 0 Å². The highest BCUT2D eigenvalue weighted by Gasteiger charge is 2.14. The van der Waals surface area contributed by atoms with E-state index in [1.54, 1.807) is 11.3 Å². The molecule has 0 unspecified atom stereocenters. The summed E-state index contributed by atoms with van der Waals surface area (Å²) in [7, 11) is 0. The minimum Gasteiger partial charge on any atom is -0.357 e. The van der Waals surface area contributed by atoms with Crippen molar-refractivity contribution in [1.82, 2.24) is 15.5 Å². The zero-order valence-electron chi connectivity index (χ0n) is 14.3. The Morgan fingerprint density at radius 3 is 2.83 bits per heavy atom. The van der Waals surface area contributed by atoms with E-state index >= 15 is 0 Å². The van der Waals surface area contributed by atoms with Crippen LogP contribution in [0.2, 0.25) is 0 Å². The summed E-state index contributed by atoms with van der Waals surface area (Å²) in [5, 5.41) is 8.88. The number of hydrogen-bond donors (Lipinski definition) is 2. The first-order valence-electron chi connectivity index (χ1n) is 8.69. The van der Waals surface area contributed by atoms with Crippen molar-refractivity contribution in [2.45, 2.75) is 26.4 Å². The summed E-state index contributed by atoms with van der Waals surface area (Å²) < 4.78 is 0. The number of thiophene rings is 1. The van der Waals surface area contributed by atoms with Gasteiger partial charge in [-0.05, 0) is 35.9 Å². The average molecular weight is 343 g/mol. The fourth-order valence-electron chi connectivity index (χ4n) is 2.98. The Balaban J connectivity index is 1.46. The highest BCUT2D eigenvalue weighted by Crippen LogP contribution is 2.17. The molecule has 0 bridgehead atoms. The molecule has 0 atom stereocenters. The first-order chi connectivity index (χ1) is 11.8. The molecule has 24 heavy (non-hydrogen) atoms. The summed E-state index contributed by atoms with van der Waals surface area (Å²) in [6.07, 6.45) is 1.16. The second-order valence-corrected chi connectivity index (χ2v) is 7.03. The molecule has 2 N–H and O–H groups in total. The van der Waals surface area contributed by atoms with Gasteiger partial charge in [-0.1, -0.05) is 30.3 Å². The fourth-order valence-corrected chi connectivity index (χ4v) is 3.61. The Kier molecular flexibility index (Phi) is 6.26. The normalized spacial score (nSPS) is 15.1. The maximum absolute atomic E-state index is 4.66.